The highest BCUT2D eigenvalue weighted by atomic mass is 32.2. The summed E-state index contributed by atoms with van der Waals surface area (Å²) in [6.45, 7) is 0. The van der Waals surface area contributed by atoms with E-state index >= 15 is 0 Å². The SMILES string of the molecule is COc1ccc(C2CC(c3ccc(-n4c(-c5ccc(OS(=O)(=O)c6ccccc6)cc5)nc5ccccc5c4=O)cc3)=NN2)cc1. The third-order valence-electron chi connectivity index (χ3n) is 7.86. The van der Waals surface area contributed by atoms with Crippen molar-refractivity contribution in [2.24, 2.45) is 5.10 Å². The zero-order valence-corrected chi connectivity index (χ0v) is 25.5. The fraction of sp³-hybridized carbons (Fsp3) is 0.0833. The average molecular weight is 629 g/mol. The van der Waals surface area contributed by atoms with E-state index in [0.717, 1.165) is 22.6 Å². The molecule has 0 amide bonds. The van der Waals surface area contributed by atoms with Gasteiger partial charge in [-0.05, 0) is 83.9 Å². The van der Waals surface area contributed by atoms with Crippen molar-refractivity contribution < 1.29 is 17.3 Å². The lowest BCUT2D eigenvalue weighted by molar-refractivity contribution is 0.414. The van der Waals surface area contributed by atoms with Crippen molar-refractivity contribution in [3.05, 3.63) is 149 Å². The van der Waals surface area contributed by atoms with E-state index in [9.17, 15) is 13.2 Å². The molecule has 6 aromatic rings. The molecule has 1 aromatic heterocycles. The van der Waals surface area contributed by atoms with Crippen LogP contribution in [0.4, 0.5) is 0 Å². The smallest absolute Gasteiger partial charge is 0.339 e. The molecule has 1 unspecified atom stereocenters. The fourth-order valence-corrected chi connectivity index (χ4v) is 6.39. The summed E-state index contributed by atoms with van der Waals surface area (Å²) < 4.78 is 37.6. The van der Waals surface area contributed by atoms with Gasteiger partial charge in [0.1, 0.15) is 22.2 Å². The predicted octanol–water partition coefficient (Wildman–Crippen LogP) is 6.27. The van der Waals surface area contributed by atoms with Gasteiger partial charge < -0.3 is 14.3 Å². The second-order valence-corrected chi connectivity index (χ2v) is 12.3. The number of aromatic nitrogens is 2. The minimum atomic E-state index is -4.00. The molecule has 9 nitrogen and oxygen atoms in total. The Morgan fingerprint density at radius 1 is 0.761 bits per heavy atom. The number of nitrogens with zero attached hydrogens (tertiary/aromatic N) is 3. The minimum absolute atomic E-state index is 0.0501. The molecule has 2 heterocycles. The molecule has 1 aliphatic heterocycles. The number of nitrogens with one attached hydrogen (secondary N) is 1. The highest BCUT2D eigenvalue weighted by Gasteiger charge is 2.22. The largest absolute Gasteiger partial charge is 0.497 e. The number of methoxy groups -OCH3 is 1. The first-order valence-electron chi connectivity index (χ1n) is 14.6. The van der Waals surface area contributed by atoms with Gasteiger partial charge in [0.15, 0.2) is 0 Å². The molecule has 1 aliphatic rings. The lowest BCUT2D eigenvalue weighted by Crippen LogP contribution is -2.22. The number of hydrogen-bond acceptors (Lipinski definition) is 8. The van der Waals surface area contributed by atoms with Gasteiger partial charge in [-0.2, -0.15) is 13.5 Å². The molecule has 228 valence electrons. The van der Waals surface area contributed by atoms with Crippen LogP contribution in [0, 0.1) is 0 Å². The molecule has 0 aliphatic carbocycles. The summed E-state index contributed by atoms with van der Waals surface area (Å²) in [4.78, 5) is 18.8. The lowest BCUT2D eigenvalue weighted by atomic mass is 9.99. The van der Waals surface area contributed by atoms with Gasteiger partial charge in [0.05, 0.1) is 35.5 Å². The van der Waals surface area contributed by atoms with Crippen molar-refractivity contribution in [1.29, 1.82) is 0 Å². The van der Waals surface area contributed by atoms with Crippen LogP contribution in [0.5, 0.6) is 11.5 Å². The summed E-state index contributed by atoms with van der Waals surface area (Å²) in [5.74, 6) is 1.36. The minimum Gasteiger partial charge on any atom is -0.497 e. The van der Waals surface area contributed by atoms with E-state index < -0.39 is 10.1 Å². The summed E-state index contributed by atoms with van der Waals surface area (Å²) in [7, 11) is -2.36. The molecule has 1 atom stereocenters. The molecule has 1 N–H and O–H groups in total. The first-order valence-corrected chi connectivity index (χ1v) is 16.0. The van der Waals surface area contributed by atoms with Crippen molar-refractivity contribution in [2.45, 2.75) is 17.4 Å². The Balaban J connectivity index is 1.19. The van der Waals surface area contributed by atoms with Crippen molar-refractivity contribution in [1.82, 2.24) is 15.0 Å². The second-order valence-electron chi connectivity index (χ2n) is 10.7. The van der Waals surface area contributed by atoms with E-state index in [1.165, 1.54) is 12.1 Å². The normalized spacial score (nSPS) is 14.5. The highest BCUT2D eigenvalue weighted by Crippen LogP contribution is 2.29. The summed E-state index contributed by atoms with van der Waals surface area (Å²) in [5, 5.41) is 5.07. The van der Waals surface area contributed by atoms with E-state index in [0.29, 0.717) is 34.4 Å². The standard InChI is InChI=1S/C36H28N4O5S/c1-44-28-19-13-25(14-20-28)34-23-33(38-39-34)24-11-17-27(18-12-24)40-35(37-32-10-6-5-9-31(32)36(40)41)26-15-21-29(22-16-26)45-46(42,43)30-7-3-2-4-8-30/h2-22,34,39H,23H2,1H3. The van der Waals surface area contributed by atoms with E-state index in [1.807, 2.05) is 60.7 Å². The van der Waals surface area contributed by atoms with Crippen LogP contribution >= 0.6 is 0 Å². The van der Waals surface area contributed by atoms with Crippen LogP contribution in [0.2, 0.25) is 0 Å². The predicted molar refractivity (Wildman–Crippen MR) is 177 cm³/mol. The van der Waals surface area contributed by atoms with Crippen LogP contribution in [0.3, 0.4) is 0 Å². The van der Waals surface area contributed by atoms with Gasteiger partial charge in [0.2, 0.25) is 0 Å². The Bertz CT molecular complexity index is 2230. The number of ether oxygens (including phenoxy) is 1. The van der Waals surface area contributed by atoms with E-state index in [4.69, 9.17) is 13.9 Å². The van der Waals surface area contributed by atoms with E-state index in [1.54, 1.807) is 66.3 Å². The molecular weight excluding hydrogens is 600 g/mol. The van der Waals surface area contributed by atoms with Crippen molar-refractivity contribution in [3.63, 3.8) is 0 Å². The summed E-state index contributed by atoms with van der Waals surface area (Å²) in [6, 6.07) is 37.2. The summed E-state index contributed by atoms with van der Waals surface area (Å²) >= 11 is 0. The zero-order valence-electron chi connectivity index (χ0n) is 24.7. The van der Waals surface area contributed by atoms with Gasteiger partial charge in [-0.25, -0.2) is 4.98 Å². The fourth-order valence-electron chi connectivity index (χ4n) is 5.44. The van der Waals surface area contributed by atoms with Crippen LogP contribution in [0.1, 0.15) is 23.6 Å². The van der Waals surface area contributed by atoms with Gasteiger partial charge >= 0.3 is 10.1 Å². The van der Waals surface area contributed by atoms with Gasteiger partial charge in [-0.3, -0.25) is 9.36 Å². The van der Waals surface area contributed by atoms with Gasteiger partial charge in [-0.1, -0.05) is 54.6 Å². The number of hydrogen-bond donors (Lipinski definition) is 1. The van der Waals surface area contributed by atoms with Crippen LogP contribution in [0.15, 0.2) is 142 Å². The Morgan fingerprint density at radius 2 is 1.41 bits per heavy atom. The van der Waals surface area contributed by atoms with Gasteiger partial charge in [0, 0.05) is 12.0 Å². The maximum Gasteiger partial charge on any atom is 0.339 e. The Morgan fingerprint density at radius 3 is 2.13 bits per heavy atom. The number of hydrazone groups is 1. The number of fused-ring (bicyclic) bond motifs is 1. The quantitative estimate of drug-likeness (QED) is 0.198. The number of rotatable bonds is 8. The molecule has 46 heavy (non-hydrogen) atoms. The first-order chi connectivity index (χ1) is 22.4. The summed E-state index contributed by atoms with van der Waals surface area (Å²) in [6.07, 6.45) is 0.711. The molecule has 0 saturated carbocycles. The molecule has 0 spiro atoms. The molecule has 0 bridgehead atoms. The van der Waals surface area contributed by atoms with Crippen LogP contribution in [-0.4, -0.2) is 30.8 Å². The van der Waals surface area contributed by atoms with Crippen molar-refractivity contribution >= 4 is 26.7 Å². The Labute approximate surface area is 265 Å². The molecule has 0 saturated heterocycles. The summed E-state index contributed by atoms with van der Waals surface area (Å²) in [5.41, 5.74) is 7.77. The van der Waals surface area contributed by atoms with Crippen LogP contribution < -0.4 is 19.9 Å². The van der Waals surface area contributed by atoms with Crippen molar-refractivity contribution in [3.8, 4) is 28.6 Å². The molecular formula is C36H28N4O5S. The van der Waals surface area contributed by atoms with Gasteiger partial charge in [-0.15, -0.1) is 0 Å². The molecule has 0 fully saturated rings. The monoisotopic (exact) mass is 628 g/mol. The van der Waals surface area contributed by atoms with Crippen LogP contribution in [0.25, 0.3) is 28.0 Å². The molecule has 5 aromatic carbocycles. The first kappa shape index (κ1) is 29.0. The molecule has 0 radical (unpaired) electrons. The maximum atomic E-state index is 13.9. The highest BCUT2D eigenvalue weighted by molar-refractivity contribution is 7.87. The van der Waals surface area contributed by atoms with E-state index in [2.05, 4.69) is 10.5 Å². The van der Waals surface area contributed by atoms with E-state index in [-0.39, 0.29) is 22.2 Å². The number of benzene rings is 5. The third kappa shape index (κ3) is 5.62. The Hall–Kier alpha value is -5.74. The molecule has 7 rings (SSSR count). The third-order valence-corrected chi connectivity index (χ3v) is 9.12. The number of para-hydroxylation sites is 1. The van der Waals surface area contributed by atoms with Crippen LogP contribution in [-0.2, 0) is 10.1 Å². The average Bonchev–Trinajstić information content (AvgIpc) is 3.60. The van der Waals surface area contributed by atoms with Crippen molar-refractivity contribution in [2.75, 3.05) is 7.11 Å². The van der Waals surface area contributed by atoms with Gasteiger partial charge in [0.25, 0.3) is 5.56 Å². The Kier molecular flexibility index (Phi) is 7.55. The lowest BCUT2D eigenvalue weighted by Gasteiger charge is -2.15. The maximum absolute atomic E-state index is 13.9. The zero-order chi connectivity index (χ0) is 31.7. The molecule has 10 heteroatoms. The topological polar surface area (TPSA) is 112 Å². The second kappa shape index (κ2) is 12.0.